The summed E-state index contributed by atoms with van der Waals surface area (Å²) >= 11 is 5.92. The highest BCUT2D eigenvalue weighted by Gasteiger charge is 1.95. The van der Waals surface area contributed by atoms with Gasteiger partial charge in [0.2, 0.25) is 0 Å². The maximum Gasteiger partial charge on any atom is 0.0457 e. The molecule has 0 aliphatic rings. The van der Waals surface area contributed by atoms with E-state index in [1.54, 1.807) is 0 Å². The first-order chi connectivity index (χ1) is 6.36. The Morgan fingerprint density at radius 2 is 1.69 bits per heavy atom. The molecule has 1 aromatic carbocycles. The number of rotatable bonds is 1. The van der Waals surface area contributed by atoms with E-state index in [-0.39, 0.29) is 0 Å². The van der Waals surface area contributed by atoms with Gasteiger partial charge in [-0.05, 0) is 28.8 Å². The third-order valence-electron chi connectivity index (χ3n) is 1.81. The van der Waals surface area contributed by atoms with Gasteiger partial charge in [-0.1, -0.05) is 50.1 Å². The molecular formula is C11H8ClP. The summed E-state index contributed by atoms with van der Waals surface area (Å²) in [6.45, 7) is 0. The van der Waals surface area contributed by atoms with Crippen molar-refractivity contribution in [3.05, 3.63) is 53.0 Å². The van der Waals surface area contributed by atoms with Gasteiger partial charge in [0.15, 0.2) is 0 Å². The molecular weight excluding hydrogens is 199 g/mol. The van der Waals surface area contributed by atoms with Gasteiger partial charge in [-0.2, -0.15) is 0 Å². The van der Waals surface area contributed by atoms with Gasteiger partial charge in [-0.25, -0.2) is 0 Å². The molecule has 0 N–H and O–H groups in total. The number of halogens is 1. The van der Waals surface area contributed by atoms with Crippen LogP contribution in [0.1, 0.15) is 0 Å². The highest BCUT2D eigenvalue weighted by Crippen LogP contribution is 2.26. The molecule has 0 bridgehead atoms. The van der Waals surface area contributed by atoms with Crippen LogP contribution in [0.15, 0.2) is 48.0 Å². The predicted molar refractivity (Wildman–Crippen MR) is 59.4 cm³/mol. The molecule has 2 aromatic rings. The lowest BCUT2D eigenvalue weighted by Gasteiger charge is -2.00. The monoisotopic (exact) mass is 206 g/mol. The average Bonchev–Trinajstić information content (AvgIpc) is 2.19. The summed E-state index contributed by atoms with van der Waals surface area (Å²) in [5.74, 6) is 4.13. The van der Waals surface area contributed by atoms with Crippen LogP contribution >= 0.6 is 19.8 Å². The normalized spacial score (nSPS) is 10.5. The summed E-state index contributed by atoms with van der Waals surface area (Å²) < 4.78 is 0. The minimum absolute atomic E-state index is 0.822. The second-order valence-electron chi connectivity index (χ2n) is 2.76. The molecule has 64 valence electrons. The van der Waals surface area contributed by atoms with E-state index in [9.17, 15) is 0 Å². The molecule has 2 rings (SSSR count). The van der Waals surface area contributed by atoms with Crippen molar-refractivity contribution in [2.45, 2.75) is 0 Å². The molecule has 1 heterocycles. The second-order valence-corrected chi connectivity index (χ2v) is 4.01. The Morgan fingerprint density at radius 1 is 0.923 bits per heavy atom. The largest absolute Gasteiger partial charge is 0.0839 e. The predicted octanol–water partition coefficient (Wildman–Crippen LogP) is 4.59. The van der Waals surface area contributed by atoms with Crippen LogP contribution in [0.5, 0.6) is 0 Å². The van der Waals surface area contributed by atoms with Gasteiger partial charge in [0.05, 0.1) is 0 Å². The molecule has 0 unspecified atom stereocenters. The van der Waals surface area contributed by atoms with E-state index in [1.165, 1.54) is 11.1 Å². The molecule has 0 radical (unpaired) electrons. The van der Waals surface area contributed by atoms with Crippen LogP contribution in [-0.2, 0) is 0 Å². The van der Waals surface area contributed by atoms with Gasteiger partial charge < -0.3 is 0 Å². The highest BCUT2D eigenvalue weighted by molar-refractivity contribution is 7.28. The molecule has 0 amide bonds. The molecule has 2 heteroatoms. The standard InChI is InChI=1S/C11H8ClP/c12-11-6-10(7-13-8-11)9-4-2-1-3-5-9/h1-8H. The minimum Gasteiger partial charge on any atom is -0.0839 e. The van der Waals surface area contributed by atoms with Crippen molar-refractivity contribution < 1.29 is 0 Å². The van der Waals surface area contributed by atoms with Gasteiger partial charge in [-0.3, -0.25) is 0 Å². The maximum absolute atomic E-state index is 5.92. The molecule has 0 aliphatic heterocycles. The molecule has 0 saturated heterocycles. The Balaban J connectivity index is 2.48. The third kappa shape index (κ3) is 2.09. The molecule has 1 aromatic heterocycles. The lowest BCUT2D eigenvalue weighted by Crippen LogP contribution is -1.73. The zero-order valence-electron chi connectivity index (χ0n) is 6.94. The topological polar surface area (TPSA) is 0 Å². The number of benzene rings is 1. The van der Waals surface area contributed by atoms with Gasteiger partial charge >= 0.3 is 0 Å². The second kappa shape index (κ2) is 3.91. The molecule has 0 atom stereocenters. The number of hydrogen-bond donors (Lipinski definition) is 0. The SMILES string of the molecule is Clc1cpcc(-c2ccccc2)c1. The van der Waals surface area contributed by atoms with Crippen molar-refractivity contribution in [1.29, 1.82) is 0 Å². The smallest absolute Gasteiger partial charge is 0.0457 e. The summed E-state index contributed by atoms with van der Waals surface area (Å²) in [4.78, 5) is 0. The Kier molecular flexibility index (Phi) is 2.63. The van der Waals surface area contributed by atoms with Crippen LogP contribution in [-0.4, -0.2) is 0 Å². The van der Waals surface area contributed by atoms with Gasteiger partial charge in [0.1, 0.15) is 0 Å². The van der Waals surface area contributed by atoms with Crippen molar-refractivity contribution in [2.24, 2.45) is 0 Å². The lowest BCUT2D eigenvalue weighted by molar-refractivity contribution is 1.66. The number of hydrogen-bond acceptors (Lipinski definition) is 0. The highest BCUT2D eigenvalue weighted by atomic mass is 35.5. The summed E-state index contributed by atoms with van der Waals surface area (Å²) in [7, 11) is 1.16. The van der Waals surface area contributed by atoms with E-state index in [0.717, 1.165) is 13.2 Å². The van der Waals surface area contributed by atoms with E-state index in [4.69, 9.17) is 11.6 Å². The van der Waals surface area contributed by atoms with Crippen LogP contribution in [0.25, 0.3) is 11.1 Å². The van der Waals surface area contributed by atoms with Gasteiger partial charge in [0, 0.05) is 5.02 Å². The van der Waals surface area contributed by atoms with Crippen molar-refractivity contribution >= 4 is 19.8 Å². The fourth-order valence-electron chi connectivity index (χ4n) is 1.20. The molecule has 0 saturated carbocycles. The van der Waals surface area contributed by atoms with E-state index >= 15 is 0 Å². The Morgan fingerprint density at radius 3 is 2.38 bits per heavy atom. The Bertz CT molecular complexity index is 398. The average molecular weight is 207 g/mol. The first kappa shape index (κ1) is 8.74. The first-order valence-electron chi connectivity index (χ1n) is 4.02. The van der Waals surface area contributed by atoms with Gasteiger partial charge in [0.25, 0.3) is 0 Å². The van der Waals surface area contributed by atoms with Crippen LogP contribution in [0, 0.1) is 0 Å². The molecule has 0 spiro atoms. The zero-order valence-corrected chi connectivity index (χ0v) is 8.59. The van der Waals surface area contributed by atoms with Crippen molar-refractivity contribution in [1.82, 2.24) is 0 Å². The van der Waals surface area contributed by atoms with Crippen LogP contribution in [0.4, 0.5) is 0 Å². The summed E-state index contributed by atoms with van der Waals surface area (Å²) in [6.07, 6.45) is 0. The van der Waals surface area contributed by atoms with Crippen LogP contribution in [0.3, 0.4) is 0 Å². The quantitative estimate of drug-likeness (QED) is 0.640. The fraction of sp³-hybridized carbons (Fsp3) is 0. The van der Waals surface area contributed by atoms with E-state index in [0.29, 0.717) is 0 Å². The maximum atomic E-state index is 5.92. The zero-order chi connectivity index (χ0) is 9.10. The van der Waals surface area contributed by atoms with E-state index in [1.807, 2.05) is 30.1 Å². The summed E-state index contributed by atoms with van der Waals surface area (Å²) in [6, 6.07) is 12.3. The van der Waals surface area contributed by atoms with Crippen LogP contribution < -0.4 is 0 Å². The lowest BCUT2D eigenvalue weighted by atomic mass is 10.1. The van der Waals surface area contributed by atoms with Crippen molar-refractivity contribution in [3.63, 3.8) is 0 Å². The van der Waals surface area contributed by atoms with E-state index in [2.05, 4.69) is 17.9 Å². The molecule has 0 nitrogen and oxygen atoms in total. The van der Waals surface area contributed by atoms with Crippen molar-refractivity contribution in [3.8, 4) is 11.1 Å². The fourth-order valence-corrected chi connectivity index (χ4v) is 2.16. The molecule has 13 heavy (non-hydrogen) atoms. The van der Waals surface area contributed by atoms with Crippen molar-refractivity contribution in [2.75, 3.05) is 0 Å². The Hall–Kier alpha value is -0.840. The molecule has 0 fully saturated rings. The third-order valence-corrected chi connectivity index (χ3v) is 3.04. The first-order valence-corrected chi connectivity index (χ1v) is 5.43. The van der Waals surface area contributed by atoms with Gasteiger partial charge in [-0.15, -0.1) is 0 Å². The molecule has 0 aliphatic carbocycles. The summed E-state index contributed by atoms with van der Waals surface area (Å²) in [5, 5.41) is 0.822. The van der Waals surface area contributed by atoms with E-state index < -0.39 is 0 Å². The Labute approximate surface area is 84.3 Å². The summed E-state index contributed by atoms with van der Waals surface area (Å²) in [5.41, 5.74) is 2.43. The van der Waals surface area contributed by atoms with Crippen LogP contribution in [0.2, 0.25) is 5.02 Å². The minimum atomic E-state index is 0.822.